The lowest BCUT2D eigenvalue weighted by atomic mass is 9.75. The highest BCUT2D eigenvalue weighted by molar-refractivity contribution is 5.91. The second-order valence-electron chi connectivity index (χ2n) is 9.61. The Morgan fingerprint density at radius 2 is 1.94 bits per heavy atom. The number of benzene rings is 1. The molecule has 2 aromatic rings. The van der Waals surface area contributed by atoms with E-state index in [0.717, 1.165) is 19.3 Å². The van der Waals surface area contributed by atoms with Crippen LogP contribution in [-0.2, 0) is 4.79 Å². The molecule has 1 aliphatic carbocycles. The third kappa shape index (κ3) is 6.71. The number of nitrogens with one attached hydrogen (secondary N) is 2. The van der Waals surface area contributed by atoms with Gasteiger partial charge >= 0.3 is 6.36 Å². The number of rotatable bonds is 8. The molecule has 1 aliphatic rings. The summed E-state index contributed by atoms with van der Waals surface area (Å²) < 4.78 is 41.8. The maximum absolute atomic E-state index is 12.8. The van der Waals surface area contributed by atoms with Crippen LogP contribution in [0.25, 0.3) is 10.9 Å². The fraction of sp³-hybridized carbons (Fsp3) is 0.625. The predicted octanol–water partition coefficient (Wildman–Crippen LogP) is 4.59. The van der Waals surface area contributed by atoms with Crippen molar-refractivity contribution >= 4 is 22.6 Å². The molecule has 3 atom stereocenters. The van der Waals surface area contributed by atoms with Crippen molar-refractivity contribution in [2.45, 2.75) is 71.4 Å². The van der Waals surface area contributed by atoms with Gasteiger partial charge in [-0.3, -0.25) is 4.79 Å². The Morgan fingerprint density at radius 1 is 1.21 bits per heavy atom. The van der Waals surface area contributed by atoms with Gasteiger partial charge in [-0.15, -0.1) is 13.2 Å². The van der Waals surface area contributed by atoms with Gasteiger partial charge in [0.2, 0.25) is 5.91 Å². The normalized spacial score (nSPS) is 21.3. The van der Waals surface area contributed by atoms with Crippen LogP contribution in [0.2, 0.25) is 0 Å². The summed E-state index contributed by atoms with van der Waals surface area (Å²) in [6.45, 7) is 8.71. The summed E-state index contributed by atoms with van der Waals surface area (Å²) in [5.74, 6) is 0.520. The van der Waals surface area contributed by atoms with Crippen LogP contribution < -0.4 is 15.4 Å². The molecule has 0 unspecified atom stereocenters. The molecule has 7 nitrogen and oxygen atoms in total. The van der Waals surface area contributed by atoms with Crippen molar-refractivity contribution in [1.82, 2.24) is 20.2 Å². The minimum Gasteiger partial charge on any atom is -0.406 e. The summed E-state index contributed by atoms with van der Waals surface area (Å²) in [6, 6.07) is 4.88. The average Bonchev–Trinajstić information content (AvgIpc) is 2.76. The quantitative estimate of drug-likeness (QED) is 0.574. The molecule has 2 N–H and O–H groups in total. The summed E-state index contributed by atoms with van der Waals surface area (Å²) in [6.07, 6.45) is -0.538. The van der Waals surface area contributed by atoms with E-state index in [9.17, 15) is 18.0 Å². The van der Waals surface area contributed by atoms with Crippen LogP contribution in [0.4, 0.5) is 19.0 Å². The van der Waals surface area contributed by atoms with Crippen LogP contribution >= 0.6 is 0 Å². The van der Waals surface area contributed by atoms with Gasteiger partial charge in [0.15, 0.2) is 0 Å². The SMILES string of the molecule is CC(C)[C@@H]1C[C@H](N(C)C(C)C)CC[C@@H]1NC(=O)CNc1ncnc2ccc(OC(F)(F)F)cc12. The molecular formula is C24H34F3N5O2. The zero-order valence-corrected chi connectivity index (χ0v) is 20.3. The largest absolute Gasteiger partial charge is 0.573 e. The summed E-state index contributed by atoms with van der Waals surface area (Å²) in [5, 5.41) is 6.45. The van der Waals surface area contributed by atoms with Crippen LogP contribution in [0.1, 0.15) is 47.0 Å². The maximum Gasteiger partial charge on any atom is 0.573 e. The molecule has 0 bridgehead atoms. The third-order valence-corrected chi connectivity index (χ3v) is 6.72. The average molecular weight is 482 g/mol. The fourth-order valence-electron chi connectivity index (χ4n) is 4.69. The highest BCUT2D eigenvalue weighted by Gasteiger charge is 2.35. The molecule has 1 aromatic carbocycles. The van der Waals surface area contributed by atoms with Crippen LogP contribution in [0.3, 0.4) is 0 Å². The highest BCUT2D eigenvalue weighted by atomic mass is 19.4. The Labute approximate surface area is 198 Å². The lowest BCUT2D eigenvalue weighted by Gasteiger charge is -2.43. The van der Waals surface area contributed by atoms with Crippen LogP contribution in [0.15, 0.2) is 24.5 Å². The number of anilines is 1. The van der Waals surface area contributed by atoms with E-state index in [1.807, 2.05) is 0 Å². The summed E-state index contributed by atoms with van der Waals surface area (Å²) in [7, 11) is 2.16. The fourth-order valence-corrected chi connectivity index (χ4v) is 4.69. The zero-order chi connectivity index (χ0) is 25.0. The van der Waals surface area contributed by atoms with E-state index in [-0.39, 0.29) is 30.1 Å². The molecule has 1 fully saturated rings. The van der Waals surface area contributed by atoms with E-state index in [1.54, 1.807) is 0 Å². The molecule has 1 amide bonds. The number of carbonyl (C=O) groups is 1. The molecule has 0 aliphatic heterocycles. The van der Waals surface area contributed by atoms with E-state index in [1.165, 1.54) is 24.5 Å². The topological polar surface area (TPSA) is 79.4 Å². The van der Waals surface area contributed by atoms with E-state index in [4.69, 9.17) is 0 Å². The molecule has 1 aromatic heterocycles. The van der Waals surface area contributed by atoms with Gasteiger partial charge in [-0.2, -0.15) is 0 Å². The Kier molecular flexibility index (Phi) is 8.22. The van der Waals surface area contributed by atoms with Gasteiger partial charge in [-0.1, -0.05) is 13.8 Å². The molecule has 0 saturated heterocycles. The second kappa shape index (κ2) is 10.8. The number of halogens is 3. The van der Waals surface area contributed by atoms with Crippen LogP contribution in [0, 0.1) is 11.8 Å². The van der Waals surface area contributed by atoms with Crippen molar-refractivity contribution in [3.63, 3.8) is 0 Å². The number of fused-ring (bicyclic) bond motifs is 1. The second-order valence-corrected chi connectivity index (χ2v) is 9.61. The minimum absolute atomic E-state index is 0.0485. The number of nitrogens with zero attached hydrogens (tertiary/aromatic N) is 3. The van der Waals surface area contributed by atoms with E-state index in [0.29, 0.717) is 34.8 Å². The Hall–Kier alpha value is -2.62. The number of hydrogen-bond donors (Lipinski definition) is 2. The Bertz CT molecular complexity index is 983. The smallest absolute Gasteiger partial charge is 0.406 e. The minimum atomic E-state index is -4.80. The van der Waals surface area contributed by atoms with Crippen LogP contribution in [0.5, 0.6) is 5.75 Å². The first-order chi connectivity index (χ1) is 15.9. The molecular weight excluding hydrogens is 447 g/mol. The van der Waals surface area contributed by atoms with E-state index >= 15 is 0 Å². The predicted molar refractivity (Wildman–Crippen MR) is 126 cm³/mol. The van der Waals surface area contributed by atoms with E-state index in [2.05, 4.69) is 65.0 Å². The zero-order valence-electron chi connectivity index (χ0n) is 20.3. The maximum atomic E-state index is 12.8. The van der Waals surface area contributed by atoms with Crippen molar-refractivity contribution in [2.24, 2.45) is 11.8 Å². The van der Waals surface area contributed by atoms with Gasteiger partial charge in [0.05, 0.1) is 12.1 Å². The number of alkyl halides is 3. The van der Waals surface area contributed by atoms with Crippen molar-refractivity contribution in [2.75, 3.05) is 18.9 Å². The standard InChI is InChI=1S/C24H34F3N5O2/c1-14(2)18-10-16(32(5)15(3)4)6-8-21(18)31-22(33)12-28-23-19-11-17(34-24(25,26)27)7-9-20(19)29-13-30-23/h7,9,11,13-16,18,21H,6,8,10,12H2,1-5H3,(H,31,33)(H,28,29,30)/t16-,18+,21+/m1/s1. The van der Waals surface area contributed by atoms with Gasteiger partial charge in [0.25, 0.3) is 0 Å². The van der Waals surface area contributed by atoms with E-state index < -0.39 is 6.36 Å². The first-order valence-corrected chi connectivity index (χ1v) is 11.7. The first-order valence-electron chi connectivity index (χ1n) is 11.7. The summed E-state index contributed by atoms with van der Waals surface area (Å²) in [5.41, 5.74) is 0.444. The number of hydrogen-bond acceptors (Lipinski definition) is 6. The number of ether oxygens (including phenoxy) is 1. The van der Waals surface area contributed by atoms with Crippen molar-refractivity contribution < 1.29 is 22.7 Å². The molecule has 188 valence electrons. The highest BCUT2D eigenvalue weighted by Crippen LogP contribution is 2.33. The number of carbonyl (C=O) groups excluding carboxylic acids is 1. The molecule has 34 heavy (non-hydrogen) atoms. The molecule has 0 radical (unpaired) electrons. The van der Waals surface area contributed by atoms with Crippen molar-refractivity contribution in [3.05, 3.63) is 24.5 Å². The van der Waals surface area contributed by atoms with Crippen LogP contribution in [-0.4, -0.2) is 58.9 Å². The lowest BCUT2D eigenvalue weighted by Crippen LogP contribution is -2.51. The van der Waals surface area contributed by atoms with Gasteiger partial charge in [0, 0.05) is 23.5 Å². The van der Waals surface area contributed by atoms with Gasteiger partial charge in [-0.05, 0) is 70.2 Å². The molecule has 3 rings (SSSR count). The van der Waals surface area contributed by atoms with Gasteiger partial charge in [-0.25, -0.2) is 9.97 Å². The van der Waals surface area contributed by atoms with Crippen molar-refractivity contribution in [3.8, 4) is 5.75 Å². The van der Waals surface area contributed by atoms with Gasteiger partial charge in [0.1, 0.15) is 17.9 Å². The molecule has 1 saturated carbocycles. The first kappa shape index (κ1) is 26.0. The molecule has 1 heterocycles. The Balaban J connectivity index is 1.64. The monoisotopic (exact) mass is 481 g/mol. The van der Waals surface area contributed by atoms with Crippen molar-refractivity contribution in [1.29, 1.82) is 0 Å². The third-order valence-electron chi connectivity index (χ3n) is 6.72. The summed E-state index contributed by atoms with van der Waals surface area (Å²) >= 11 is 0. The van der Waals surface area contributed by atoms with Gasteiger partial charge < -0.3 is 20.3 Å². The summed E-state index contributed by atoms with van der Waals surface area (Å²) in [4.78, 5) is 23.4. The lowest BCUT2D eigenvalue weighted by molar-refractivity contribution is -0.274. The number of aromatic nitrogens is 2. The number of amides is 1. The Morgan fingerprint density at radius 3 is 2.59 bits per heavy atom. The molecule has 10 heteroatoms. The molecule has 0 spiro atoms.